The number of hydrogen-bond donors (Lipinski definition) is 0. The molecule has 2 rings (SSSR count). The first-order valence-corrected chi connectivity index (χ1v) is 7.46. The van der Waals surface area contributed by atoms with Gasteiger partial charge in [-0.3, -0.25) is 0 Å². The predicted octanol–water partition coefficient (Wildman–Crippen LogP) is 5.22. The molecule has 2 heteroatoms. The molecule has 16 heavy (non-hydrogen) atoms. The van der Waals surface area contributed by atoms with Crippen molar-refractivity contribution in [2.24, 2.45) is 0 Å². The fraction of sp³-hybridized carbons (Fsp3) is 0.429. The van der Waals surface area contributed by atoms with E-state index in [1.165, 1.54) is 20.5 Å². The lowest BCUT2D eigenvalue weighted by molar-refractivity contribution is 0.528. The van der Waals surface area contributed by atoms with Crippen molar-refractivity contribution in [1.82, 2.24) is 0 Å². The first-order valence-electron chi connectivity index (χ1n) is 5.68. The first-order chi connectivity index (χ1) is 7.54. The lowest BCUT2D eigenvalue weighted by Crippen LogP contribution is -2.21. The molecule has 0 bridgehead atoms. The number of fused-ring (bicyclic) bond motifs is 1. The molecule has 0 aromatic heterocycles. The number of rotatable bonds is 2. The van der Waals surface area contributed by atoms with Gasteiger partial charge >= 0.3 is 0 Å². The maximum Gasteiger partial charge on any atom is 0.0181 e. The van der Waals surface area contributed by atoms with Gasteiger partial charge in [-0.15, -0.1) is 11.8 Å². The molecule has 0 saturated carbocycles. The smallest absolute Gasteiger partial charge is 0.0181 e. The highest BCUT2D eigenvalue weighted by molar-refractivity contribution is 9.10. The van der Waals surface area contributed by atoms with Gasteiger partial charge in [-0.1, -0.05) is 48.8 Å². The molecule has 1 aromatic carbocycles. The maximum atomic E-state index is 3.57. The summed E-state index contributed by atoms with van der Waals surface area (Å²) in [5.74, 6) is 1.14. The fourth-order valence-electron chi connectivity index (χ4n) is 2.17. The van der Waals surface area contributed by atoms with E-state index in [0.29, 0.717) is 0 Å². The molecule has 1 aliphatic carbocycles. The summed E-state index contributed by atoms with van der Waals surface area (Å²) >= 11 is 5.51. The van der Waals surface area contributed by atoms with Gasteiger partial charge in [-0.2, -0.15) is 0 Å². The summed E-state index contributed by atoms with van der Waals surface area (Å²) in [5, 5.41) is 0. The third-order valence-corrected chi connectivity index (χ3v) is 4.55. The molecule has 0 saturated heterocycles. The zero-order chi connectivity index (χ0) is 11.8. The van der Waals surface area contributed by atoms with Crippen molar-refractivity contribution < 1.29 is 0 Å². The Morgan fingerprint density at radius 1 is 1.38 bits per heavy atom. The van der Waals surface area contributed by atoms with E-state index < -0.39 is 0 Å². The fourth-order valence-corrected chi connectivity index (χ4v) is 3.37. The van der Waals surface area contributed by atoms with Crippen LogP contribution in [0, 0.1) is 0 Å². The molecule has 0 unspecified atom stereocenters. The van der Waals surface area contributed by atoms with Gasteiger partial charge in [-0.25, -0.2) is 0 Å². The average molecular weight is 297 g/mol. The maximum absolute atomic E-state index is 3.57. The van der Waals surface area contributed by atoms with Crippen molar-refractivity contribution in [3.63, 3.8) is 0 Å². The molecule has 0 N–H and O–H groups in total. The van der Waals surface area contributed by atoms with Crippen molar-refractivity contribution in [1.29, 1.82) is 0 Å². The summed E-state index contributed by atoms with van der Waals surface area (Å²) in [5.41, 5.74) is 3.17. The Balaban J connectivity index is 2.53. The molecular formula is C14H17BrS. The van der Waals surface area contributed by atoms with Gasteiger partial charge in [0.05, 0.1) is 0 Å². The van der Waals surface area contributed by atoms with Crippen LogP contribution in [0.25, 0.3) is 4.91 Å². The molecule has 0 heterocycles. The van der Waals surface area contributed by atoms with Crippen molar-refractivity contribution >= 4 is 32.6 Å². The molecule has 0 aliphatic heterocycles. The van der Waals surface area contributed by atoms with Crippen LogP contribution < -0.4 is 0 Å². The van der Waals surface area contributed by atoms with E-state index in [-0.39, 0.29) is 5.41 Å². The molecule has 0 atom stereocenters. The van der Waals surface area contributed by atoms with Crippen LogP contribution in [0.4, 0.5) is 0 Å². The van der Waals surface area contributed by atoms with Gasteiger partial charge in [0.25, 0.3) is 0 Å². The zero-order valence-corrected chi connectivity index (χ0v) is 12.4. The van der Waals surface area contributed by atoms with Gasteiger partial charge in [0.1, 0.15) is 0 Å². The second kappa shape index (κ2) is 4.58. The van der Waals surface area contributed by atoms with E-state index in [0.717, 1.165) is 12.2 Å². The molecule has 86 valence electrons. The van der Waals surface area contributed by atoms with Crippen LogP contribution in [0.15, 0.2) is 28.7 Å². The molecule has 1 aliphatic rings. The van der Waals surface area contributed by atoms with E-state index in [1.807, 2.05) is 11.8 Å². The molecule has 0 spiro atoms. The number of benzene rings is 1. The highest BCUT2D eigenvalue weighted by atomic mass is 79.9. The summed E-state index contributed by atoms with van der Waals surface area (Å²) in [7, 11) is 0. The van der Waals surface area contributed by atoms with Gasteiger partial charge in [-0.05, 0) is 40.8 Å². The van der Waals surface area contributed by atoms with Crippen LogP contribution in [0.3, 0.4) is 0 Å². The first kappa shape index (κ1) is 12.3. The van der Waals surface area contributed by atoms with E-state index in [4.69, 9.17) is 0 Å². The summed E-state index contributed by atoms with van der Waals surface area (Å²) < 4.78 is 1.17. The third-order valence-electron chi connectivity index (χ3n) is 3.07. The number of halogens is 1. The molecule has 0 radical (unpaired) electrons. The Labute approximate surface area is 111 Å². The predicted molar refractivity (Wildman–Crippen MR) is 77.9 cm³/mol. The summed E-state index contributed by atoms with van der Waals surface area (Å²) in [4.78, 5) is 1.44. The van der Waals surface area contributed by atoms with Crippen molar-refractivity contribution in [3.8, 4) is 0 Å². The second-order valence-electron chi connectivity index (χ2n) is 4.78. The van der Waals surface area contributed by atoms with Gasteiger partial charge in [0, 0.05) is 9.38 Å². The third kappa shape index (κ3) is 2.23. The minimum Gasteiger partial charge on any atom is -0.126 e. The Bertz CT molecular complexity index is 432. The van der Waals surface area contributed by atoms with Crippen molar-refractivity contribution in [2.45, 2.75) is 32.6 Å². The minimum absolute atomic E-state index is 0.272. The highest BCUT2D eigenvalue weighted by Crippen LogP contribution is 2.43. The van der Waals surface area contributed by atoms with Crippen molar-refractivity contribution in [2.75, 3.05) is 5.75 Å². The minimum atomic E-state index is 0.272. The van der Waals surface area contributed by atoms with Crippen LogP contribution in [0.5, 0.6) is 0 Å². The summed E-state index contributed by atoms with van der Waals surface area (Å²) in [6.07, 6.45) is 3.53. The quantitative estimate of drug-likeness (QED) is 0.720. The van der Waals surface area contributed by atoms with E-state index in [1.54, 1.807) is 0 Å². The Hall–Kier alpha value is -0.210. The van der Waals surface area contributed by atoms with Gasteiger partial charge < -0.3 is 0 Å². The number of hydrogen-bond acceptors (Lipinski definition) is 1. The number of allylic oxidation sites excluding steroid dienone is 1. The summed E-state index contributed by atoms with van der Waals surface area (Å²) in [6.45, 7) is 6.86. The van der Waals surface area contributed by atoms with Crippen LogP contribution in [0.1, 0.15) is 38.3 Å². The Morgan fingerprint density at radius 3 is 2.81 bits per heavy atom. The van der Waals surface area contributed by atoms with Gasteiger partial charge in [0.15, 0.2) is 0 Å². The average Bonchev–Trinajstić information content (AvgIpc) is 2.22. The van der Waals surface area contributed by atoms with Crippen molar-refractivity contribution in [3.05, 3.63) is 39.9 Å². The largest absolute Gasteiger partial charge is 0.126 e. The zero-order valence-electron chi connectivity index (χ0n) is 10.0. The van der Waals surface area contributed by atoms with E-state index in [2.05, 4.69) is 61.0 Å². The van der Waals surface area contributed by atoms with Crippen LogP contribution in [-0.4, -0.2) is 5.75 Å². The normalized spacial score (nSPS) is 17.9. The van der Waals surface area contributed by atoms with Crippen LogP contribution >= 0.6 is 27.7 Å². The molecule has 0 fully saturated rings. The highest BCUT2D eigenvalue weighted by Gasteiger charge is 2.27. The summed E-state index contributed by atoms with van der Waals surface area (Å²) in [6, 6.07) is 6.67. The lowest BCUT2D eigenvalue weighted by atomic mass is 9.76. The topological polar surface area (TPSA) is 0 Å². The Morgan fingerprint density at radius 2 is 2.12 bits per heavy atom. The molecule has 1 aromatic rings. The standard InChI is InChI=1S/C14H17BrS/c1-4-16-13-7-8-14(2,3)12-6-5-10(15)9-11(12)13/h5-7,9H,4,8H2,1-3H3. The van der Waals surface area contributed by atoms with Crippen LogP contribution in [-0.2, 0) is 5.41 Å². The monoisotopic (exact) mass is 296 g/mol. The molecular weight excluding hydrogens is 280 g/mol. The Kier molecular flexibility index (Phi) is 3.50. The SMILES string of the molecule is CCSC1=CCC(C)(C)c2ccc(Br)cc21. The molecule has 0 amide bonds. The second-order valence-corrected chi connectivity index (χ2v) is 7.00. The van der Waals surface area contributed by atoms with Gasteiger partial charge in [0.2, 0.25) is 0 Å². The van der Waals surface area contributed by atoms with Crippen LogP contribution in [0.2, 0.25) is 0 Å². The van der Waals surface area contributed by atoms with E-state index >= 15 is 0 Å². The van der Waals surface area contributed by atoms with E-state index in [9.17, 15) is 0 Å². The lowest BCUT2D eigenvalue weighted by Gasteiger charge is -2.32. The number of thioether (sulfide) groups is 1. The molecule has 0 nitrogen and oxygen atoms in total.